The molecule has 0 aliphatic carbocycles. The molecule has 174 valence electrons. The number of carboxylic acids is 1. The summed E-state index contributed by atoms with van der Waals surface area (Å²) in [6, 6.07) is 12.0. The summed E-state index contributed by atoms with van der Waals surface area (Å²) < 4.78 is 9.91. The van der Waals surface area contributed by atoms with Crippen molar-refractivity contribution in [1.82, 2.24) is 29.9 Å². The van der Waals surface area contributed by atoms with E-state index in [1.807, 2.05) is 22.9 Å². The molecule has 2 N–H and O–H groups in total. The maximum Gasteiger partial charge on any atom is 0.339 e. The van der Waals surface area contributed by atoms with Crippen LogP contribution in [0.15, 0.2) is 71.9 Å². The van der Waals surface area contributed by atoms with Gasteiger partial charge in [-0.25, -0.2) is 14.5 Å². The van der Waals surface area contributed by atoms with Crippen LogP contribution in [-0.4, -0.2) is 48.1 Å². The number of carbonyl (C=O) groups is 2. The van der Waals surface area contributed by atoms with Crippen molar-refractivity contribution in [2.75, 3.05) is 6.54 Å². The Kier molecular flexibility index (Phi) is 7.33. The van der Waals surface area contributed by atoms with Gasteiger partial charge >= 0.3 is 5.97 Å². The molecule has 34 heavy (non-hydrogen) atoms. The van der Waals surface area contributed by atoms with Crippen molar-refractivity contribution in [3.05, 3.63) is 94.2 Å². The number of benzene rings is 2. The number of nitrogens with one attached hydrogen (secondary N) is 1. The molecule has 10 nitrogen and oxygen atoms in total. The van der Waals surface area contributed by atoms with Gasteiger partial charge in [-0.1, -0.05) is 33.3 Å². The molecule has 0 bridgehead atoms. The molecule has 0 aliphatic rings. The van der Waals surface area contributed by atoms with Crippen molar-refractivity contribution in [2.24, 2.45) is 0 Å². The third-order valence-corrected chi connectivity index (χ3v) is 5.40. The number of carboxylic acid groups (broad SMARTS) is 1. The topological polar surface area (TPSA) is 124 Å². The van der Waals surface area contributed by atoms with E-state index >= 15 is 0 Å². The minimum atomic E-state index is -1.07. The number of carbonyl (C=O) groups excluding carboxylic acids is 1. The van der Waals surface area contributed by atoms with E-state index in [2.05, 4.69) is 36.5 Å². The highest BCUT2D eigenvalue weighted by Gasteiger charge is 2.13. The molecule has 0 spiro atoms. The van der Waals surface area contributed by atoms with Gasteiger partial charge in [0.2, 0.25) is 0 Å². The number of hydrogen-bond donors (Lipinski definition) is 2. The van der Waals surface area contributed by atoms with Crippen molar-refractivity contribution in [2.45, 2.75) is 19.7 Å². The fourth-order valence-corrected chi connectivity index (χ4v) is 3.53. The monoisotopic (exact) mass is 524 g/mol. The Morgan fingerprint density at radius 3 is 2.71 bits per heavy atom. The predicted molar refractivity (Wildman–Crippen MR) is 126 cm³/mol. The molecule has 2 aromatic heterocycles. The number of amides is 1. The van der Waals surface area contributed by atoms with Crippen molar-refractivity contribution in [3.63, 3.8) is 0 Å². The van der Waals surface area contributed by atoms with Crippen molar-refractivity contribution >= 4 is 27.8 Å². The molecule has 0 radical (unpaired) electrons. The fraction of sp³-hybridized carbons (Fsp3) is 0.174. The molecule has 2 aromatic carbocycles. The van der Waals surface area contributed by atoms with Crippen LogP contribution in [0, 0.1) is 0 Å². The first-order valence-corrected chi connectivity index (χ1v) is 11.1. The van der Waals surface area contributed by atoms with Crippen LogP contribution < -0.4 is 10.1 Å². The Morgan fingerprint density at radius 1 is 1.15 bits per heavy atom. The molecule has 0 aliphatic heterocycles. The van der Waals surface area contributed by atoms with Crippen LogP contribution in [0.4, 0.5) is 0 Å². The molecule has 0 fully saturated rings. The largest absolute Gasteiger partial charge is 0.486 e. The predicted octanol–water partition coefficient (Wildman–Crippen LogP) is 2.99. The molecular formula is C23H21BrN6O4. The lowest BCUT2D eigenvalue weighted by molar-refractivity contribution is 0.0691. The smallest absolute Gasteiger partial charge is 0.339 e. The van der Waals surface area contributed by atoms with Gasteiger partial charge in [0, 0.05) is 35.5 Å². The molecule has 4 rings (SSSR count). The van der Waals surface area contributed by atoms with Crippen LogP contribution in [0.3, 0.4) is 0 Å². The molecule has 0 saturated carbocycles. The van der Waals surface area contributed by atoms with Gasteiger partial charge in [0.25, 0.3) is 5.91 Å². The van der Waals surface area contributed by atoms with E-state index in [-0.39, 0.29) is 23.8 Å². The number of rotatable bonds is 10. The molecular weight excluding hydrogens is 504 g/mol. The van der Waals surface area contributed by atoms with Gasteiger partial charge < -0.3 is 19.7 Å². The zero-order valence-electron chi connectivity index (χ0n) is 18.0. The Morgan fingerprint density at radius 2 is 1.97 bits per heavy atom. The first-order valence-electron chi connectivity index (χ1n) is 10.4. The molecule has 0 unspecified atom stereocenters. The van der Waals surface area contributed by atoms with Crippen molar-refractivity contribution < 1.29 is 19.4 Å². The summed E-state index contributed by atoms with van der Waals surface area (Å²) in [7, 11) is 0. The van der Waals surface area contributed by atoms with Gasteiger partial charge in [-0.2, -0.15) is 0 Å². The Hall–Kier alpha value is -3.99. The van der Waals surface area contributed by atoms with Crippen LogP contribution in [0.2, 0.25) is 0 Å². The van der Waals surface area contributed by atoms with Crippen molar-refractivity contribution in [1.29, 1.82) is 0 Å². The zero-order chi connectivity index (χ0) is 23.9. The number of imidazole rings is 1. The Balaban J connectivity index is 1.29. The average Bonchev–Trinajstić information content (AvgIpc) is 3.50. The quantitative estimate of drug-likeness (QED) is 0.326. The van der Waals surface area contributed by atoms with Crippen LogP contribution >= 0.6 is 15.9 Å². The zero-order valence-corrected chi connectivity index (χ0v) is 19.6. The highest BCUT2D eigenvalue weighted by molar-refractivity contribution is 9.10. The van der Waals surface area contributed by atoms with Crippen molar-refractivity contribution in [3.8, 4) is 5.75 Å². The highest BCUT2D eigenvalue weighted by atomic mass is 79.9. The van der Waals surface area contributed by atoms with Gasteiger partial charge in [0.05, 0.1) is 19.1 Å². The van der Waals surface area contributed by atoms with Gasteiger partial charge in [-0.15, -0.1) is 5.10 Å². The number of aromatic carboxylic acids is 1. The summed E-state index contributed by atoms with van der Waals surface area (Å²) in [5.41, 5.74) is 2.16. The van der Waals surface area contributed by atoms with E-state index in [0.717, 1.165) is 5.56 Å². The molecule has 2 heterocycles. The molecule has 0 atom stereocenters. The number of nitrogens with zero attached hydrogens (tertiary/aromatic N) is 5. The summed E-state index contributed by atoms with van der Waals surface area (Å²) in [5, 5.41) is 20.4. The first-order chi connectivity index (χ1) is 16.5. The number of aromatic nitrogens is 5. The SMILES string of the molecule is O=C(NCCn1ccnc1)c1ccc(Cn2cc(COc3cc(Br)ccc3C(=O)O)nn2)cc1. The van der Waals surface area contributed by atoms with E-state index in [9.17, 15) is 14.7 Å². The van der Waals surface area contributed by atoms with E-state index < -0.39 is 5.97 Å². The number of hydrogen-bond acceptors (Lipinski definition) is 6. The van der Waals surface area contributed by atoms with E-state index in [0.29, 0.717) is 35.4 Å². The lowest BCUT2D eigenvalue weighted by Gasteiger charge is -2.08. The minimum Gasteiger partial charge on any atom is -0.486 e. The van der Waals surface area contributed by atoms with Gasteiger partial charge in [0.1, 0.15) is 23.6 Å². The summed E-state index contributed by atoms with van der Waals surface area (Å²) in [6.45, 7) is 1.71. The number of ether oxygens (including phenoxy) is 1. The summed E-state index contributed by atoms with van der Waals surface area (Å²) in [4.78, 5) is 27.6. The van der Waals surface area contributed by atoms with E-state index in [4.69, 9.17) is 4.74 Å². The van der Waals surface area contributed by atoms with Crippen LogP contribution in [0.5, 0.6) is 5.75 Å². The molecule has 1 amide bonds. The summed E-state index contributed by atoms with van der Waals surface area (Å²) >= 11 is 3.31. The van der Waals surface area contributed by atoms with Gasteiger partial charge in [0.15, 0.2) is 0 Å². The second-order valence-electron chi connectivity index (χ2n) is 7.40. The Labute approximate surface area is 203 Å². The Bertz CT molecular complexity index is 1270. The average molecular weight is 525 g/mol. The van der Waals surface area contributed by atoms with Gasteiger partial charge in [-0.05, 0) is 35.9 Å². The summed E-state index contributed by atoms with van der Waals surface area (Å²) in [5.74, 6) is -0.961. The molecule has 11 heteroatoms. The third-order valence-electron chi connectivity index (χ3n) is 4.91. The maximum absolute atomic E-state index is 12.3. The molecule has 0 saturated heterocycles. The lowest BCUT2D eigenvalue weighted by atomic mass is 10.1. The van der Waals surface area contributed by atoms with Crippen LogP contribution in [-0.2, 0) is 19.7 Å². The van der Waals surface area contributed by atoms with Crippen LogP contribution in [0.25, 0.3) is 0 Å². The van der Waals surface area contributed by atoms with Crippen LogP contribution in [0.1, 0.15) is 32.0 Å². The second kappa shape index (κ2) is 10.8. The third kappa shape index (κ3) is 6.07. The van der Waals surface area contributed by atoms with E-state index in [1.54, 1.807) is 47.7 Å². The second-order valence-corrected chi connectivity index (χ2v) is 8.31. The maximum atomic E-state index is 12.3. The minimum absolute atomic E-state index is 0.0708. The normalized spacial score (nSPS) is 10.7. The fourth-order valence-electron chi connectivity index (χ4n) is 3.19. The summed E-state index contributed by atoms with van der Waals surface area (Å²) in [6.07, 6.45) is 6.98. The first kappa shape index (κ1) is 23.2. The lowest BCUT2D eigenvalue weighted by Crippen LogP contribution is -2.26. The van der Waals surface area contributed by atoms with E-state index in [1.165, 1.54) is 6.07 Å². The standard InChI is InChI=1S/C23H21BrN6O4/c24-18-5-6-20(23(32)33)21(11-18)34-14-19-13-30(28-27-19)12-16-1-3-17(4-2-16)22(31)26-8-10-29-9-7-25-15-29/h1-7,9,11,13,15H,8,10,12,14H2,(H,26,31)(H,32,33). The molecule has 4 aromatic rings. The number of halogens is 1. The highest BCUT2D eigenvalue weighted by Crippen LogP contribution is 2.24. The van der Waals surface area contributed by atoms with Gasteiger partial charge in [-0.3, -0.25) is 4.79 Å².